The van der Waals surface area contributed by atoms with Crippen molar-refractivity contribution in [2.45, 2.75) is 19.4 Å². The fraction of sp³-hybridized carbons (Fsp3) is 0.571. The molecule has 58 valence electrons. The lowest BCUT2D eigenvalue weighted by Gasteiger charge is -2.15. The molecule has 0 spiro atoms. The zero-order valence-electron chi connectivity index (χ0n) is 6.21. The quantitative estimate of drug-likeness (QED) is 0.370. The van der Waals surface area contributed by atoms with Gasteiger partial charge in [0.1, 0.15) is 6.29 Å². The highest BCUT2D eigenvalue weighted by Crippen LogP contribution is 2.07. The zero-order chi connectivity index (χ0) is 7.98. The van der Waals surface area contributed by atoms with Crippen LogP contribution in [0.25, 0.3) is 0 Å². The molecular weight excluding hydrogens is 145 g/mol. The van der Waals surface area contributed by atoms with E-state index in [0.717, 1.165) is 12.7 Å². The predicted molar refractivity (Wildman–Crippen MR) is 46.7 cm³/mol. The minimum absolute atomic E-state index is 0.0667. The molecule has 2 nitrogen and oxygen atoms in total. The van der Waals surface area contributed by atoms with Gasteiger partial charge in [-0.2, -0.15) is 0 Å². The Hall–Kier alpha value is -0.200. The smallest absolute Gasteiger partial charge is 0.137 e. The number of aldehydes is 1. The summed E-state index contributed by atoms with van der Waals surface area (Å²) in [6.07, 6.45) is 3.61. The van der Waals surface area contributed by atoms with Crippen LogP contribution in [-0.4, -0.2) is 12.3 Å². The molecule has 0 radical (unpaired) electrons. The Bertz CT molecular complexity index is 116. The highest BCUT2D eigenvalue weighted by atomic mass is 31.0. The predicted octanol–water partition coefficient (Wildman–Crippen LogP) is 1.15. The SMILES string of the molecule is C=CCC(C)C(C=O)NP. The first kappa shape index (κ1) is 9.80. The van der Waals surface area contributed by atoms with Gasteiger partial charge in [0.25, 0.3) is 0 Å². The summed E-state index contributed by atoms with van der Waals surface area (Å²) in [4.78, 5) is 10.3. The number of allylic oxidation sites excluding steroid dienone is 1. The summed E-state index contributed by atoms with van der Waals surface area (Å²) in [6, 6.07) is -0.0667. The first-order valence-electron chi connectivity index (χ1n) is 3.28. The van der Waals surface area contributed by atoms with Crippen molar-refractivity contribution < 1.29 is 4.79 Å². The largest absolute Gasteiger partial charge is 0.302 e. The highest BCUT2D eigenvalue weighted by Gasteiger charge is 2.11. The van der Waals surface area contributed by atoms with Gasteiger partial charge in [-0.1, -0.05) is 22.4 Å². The number of rotatable bonds is 5. The third-order valence-corrected chi connectivity index (χ3v) is 1.88. The van der Waals surface area contributed by atoms with Crippen LogP contribution in [-0.2, 0) is 4.79 Å². The van der Waals surface area contributed by atoms with Crippen LogP contribution in [0.3, 0.4) is 0 Å². The third kappa shape index (κ3) is 3.09. The van der Waals surface area contributed by atoms with E-state index in [1.807, 2.05) is 13.0 Å². The lowest BCUT2D eigenvalue weighted by molar-refractivity contribution is -0.110. The van der Waals surface area contributed by atoms with Gasteiger partial charge in [-0.3, -0.25) is 5.09 Å². The fourth-order valence-corrected chi connectivity index (χ4v) is 1.15. The Morgan fingerprint density at radius 2 is 2.40 bits per heavy atom. The maximum absolute atomic E-state index is 10.3. The monoisotopic (exact) mass is 159 g/mol. The van der Waals surface area contributed by atoms with Crippen molar-refractivity contribution in [1.82, 2.24) is 5.09 Å². The minimum atomic E-state index is -0.0667. The van der Waals surface area contributed by atoms with Gasteiger partial charge in [-0.05, 0) is 12.3 Å². The Kier molecular flexibility index (Phi) is 5.46. The van der Waals surface area contributed by atoms with Crippen molar-refractivity contribution in [3.05, 3.63) is 12.7 Å². The van der Waals surface area contributed by atoms with E-state index in [1.54, 1.807) is 0 Å². The van der Waals surface area contributed by atoms with E-state index in [2.05, 4.69) is 21.1 Å². The summed E-state index contributed by atoms with van der Waals surface area (Å²) >= 11 is 0. The van der Waals surface area contributed by atoms with E-state index < -0.39 is 0 Å². The number of nitrogens with one attached hydrogen (secondary N) is 1. The number of hydrogen-bond acceptors (Lipinski definition) is 2. The van der Waals surface area contributed by atoms with Crippen LogP contribution >= 0.6 is 9.39 Å². The van der Waals surface area contributed by atoms with Crippen LogP contribution in [0.5, 0.6) is 0 Å². The van der Waals surface area contributed by atoms with Crippen molar-refractivity contribution in [3.63, 3.8) is 0 Å². The zero-order valence-corrected chi connectivity index (χ0v) is 7.36. The fourth-order valence-electron chi connectivity index (χ4n) is 0.747. The van der Waals surface area contributed by atoms with E-state index in [0.29, 0.717) is 5.92 Å². The lowest BCUT2D eigenvalue weighted by atomic mass is 10.0. The van der Waals surface area contributed by atoms with Gasteiger partial charge in [0.2, 0.25) is 0 Å². The van der Waals surface area contributed by atoms with E-state index in [4.69, 9.17) is 0 Å². The lowest BCUT2D eigenvalue weighted by Crippen LogP contribution is -2.29. The summed E-state index contributed by atoms with van der Waals surface area (Å²) < 4.78 is 0. The van der Waals surface area contributed by atoms with Crippen molar-refractivity contribution in [1.29, 1.82) is 0 Å². The second kappa shape index (κ2) is 5.57. The summed E-state index contributed by atoms with van der Waals surface area (Å²) in [6.45, 7) is 5.61. The van der Waals surface area contributed by atoms with Gasteiger partial charge < -0.3 is 4.79 Å². The van der Waals surface area contributed by atoms with E-state index >= 15 is 0 Å². The summed E-state index contributed by atoms with van der Waals surface area (Å²) in [5.74, 6) is 0.326. The molecule has 0 saturated carbocycles. The maximum Gasteiger partial charge on any atom is 0.137 e. The standard InChI is InChI=1S/C7H14NOP/c1-3-4-6(2)7(5-9)8-10/h3,5-8H,1,4,10H2,2H3. The Labute approximate surface area is 64.3 Å². The molecule has 0 fully saturated rings. The Morgan fingerprint density at radius 1 is 1.80 bits per heavy atom. The van der Waals surface area contributed by atoms with Gasteiger partial charge in [-0.15, -0.1) is 6.58 Å². The molecule has 0 heterocycles. The maximum atomic E-state index is 10.3. The van der Waals surface area contributed by atoms with Crippen molar-refractivity contribution in [2.24, 2.45) is 5.92 Å². The summed E-state index contributed by atoms with van der Waals surface area (Å²) in [5.41, 5.74) is 0. The molecule has 0 bridgehead atoms. The van der Waals surface area contributed by atoms with Crippen LogP contribution in [0.15, 0.2) is 12.7 Å². The van der Waals surface area contributed by atoms with Crippen molar-refractivity contribution in [2.75, 3.05) is 0 Å². The second-order valence-corrected chi connectivity index (χ2v) is 2.66. The second-order valence-electron chi connectivity index (χ2n) is 2.33. The van der Waals surface area contributed by atoms with Crippen LogP contribution in [0.4, 0.5) is 0 Å². The van der Waals surface area contributed by atoms with Gasteiger partial charge in [0.05, 0.1) is 6.04 Å². The van der Waals surface area contributed by atoms with E-state index in [1.165, 1.54) is 0 Å². The molecule has 0 aliphatic carbocycles. The van der Waals surface area contributed by atoms with Crippen molar-refractivity contribution >= 4 is 15.7 Å². The molecule has 1 N–H and O–H groups in total. The van der Waals surface area contributed by atoms with Crippen LogP contribution in [0, 0.1) is 5.92 Å². The molecule has 0 amide bonds. The first-order chi connectivity index (χ1) is 4.76. The van der Waals surface area contributed by atoms with E-state index in [9.17, 15) is 4.79 Å². The molecule has 0 aliphatic heterocycles. The summed E-state index contributed by atoms with van der Waals surface area (Å²) in [7, 11) is 2.34. The average Bonchev–Trinajstić information content (AvgIpc) is 1.91. The molecule has 0 saturated heterocycles. The summed E-state index contributed by atoms with van der Waals surface area (Å²) in [5, 5.41) is 2.84. The molecule has 10 heavy (non-hydrogen) atoms. The molecule has 0 aromatic heterocycles. The number of carbonyl (C=O) groups excluding carboxylic acids is 1. The Morgan fingerprint density at radius 3 is 2.70 bits per heavy atom. The van der Waals surface area contributed by atoms with Gasteiger partial charge in [0, 0.05) is 0 Å². The molecule has 0 rings (SSSR count). The number of hydrogen-bond donors (Lipinski definition) is 1. The van der Waals surface area contributed by atoms with E-state index in [-0.39, 0.29) is 6.04 Å². The van der Waals surface area contributed by atoms with Crippen LogP contribution in [0.2, 0.25) is 0 Å². The molecule has 0 aromatic rings. The normalized spacial score (nSPS) is 15.8. The van der Waals surface area contributed by atoms with Gasteiger partial charge in [-0.25, -0.2) is 0 Å². The molecule has 3 heteroatoms. The van der Waals surface area contributed by atoms with Crippen LogP contribution in [0.1, 0.15) is 13.3 Å². The molecule has 3 atom stereocenters. The minimum Gasteiger partial charge on any atom is -0.302 e. The molecular formula is C7H14NOP. The molecule has 0 aliphatic rings. The average molecular weight is 159 g/mol. The molecule has 0 aromatic carbocycles. The van der Waals surface area contributed by atoms with Gasteiger partial charge >= 0.3 is 0 Å². The third-order valence-electron chi connectivity index (χ3n) is 1.49. The van der Waals surface area contributed by atoms with Gasteiger partial charge in [0.15, 0.2) is 0 Å². The number of carbonyl (C=O) groups is 1. The topological polar surface area (TPSA) is 29.1 Å². The molecule has 3 unspecified atom stereocenters. The first-order valence-corrected chi connectivity index (χ1v) is 3.86. The highest BCUT2D eigenvalue weighted by molar-refractivity contribution is 7.13. The van der Waals surface area contributed by atoms with Crippen molar-refractivity contribution in [3.8, 4) is 0 Å². The van der Waals surface area contributed by atoms with Crippen LogP contribution < -0.4 is 5.09 Å². The Balaban J connectivity index is 3.74.